The largest absolute Gasteiger partial charge is 0.326 e. The summed E-state index contributed by atoms with van der Waals surface area (Å²) >= 11 is 0. The number of imide groups is 1. The topological polar surface area (TPSA) is 63.4 Å². The van der Waals surface area contributed by atoms with Crippen molar-refractivity contribution in [2.45, 2.75) is 26.3 Å². The second-order valence-electron chi connectivity index (χ2n) is 4.63. The quantitative estimate of drug-likeness (QED) is 0.810. The number of hydrogen-bond donors (Lipinski definition) is 1. The molecule has 1 aliphatic rings. The van der Waals surface area contributed by atoms with Gasteiger partial charge < -0.3 is 5.73 Å². The number of rotatable bonds is 2. The van der Waals surface area contributed by atoms with Gasteiger partial charge in [0.1, 0.15) is 5.82 Å². The van der Waals surface area contributed by atoms with Crippen molar-refractivity contribution in [2.75, 3.05) is 4.90 Å². The van der Waals surface area contributed by atoms with Crippen molar-refractivity contribution < 1.29 is 14.0 Å². The Hall–Kier alpha value is -1.75. The maximum atomic E-state index is 13.9. The van der Waals surface area contributed by atoms with Crippen LogP contribution in [0.4, 0.5) is 10.1 Å². The lowest BCUT2D eigenvalue weighted by atomic mass is 9.97. The molecule has 96 valence electrons. The van der Waals surface area contributed by atoms with Gasteiger partial charge in [-0.15, -0.1) is 0 Å². The first-order chi connectivity index (χ1) is 8.52. The molecule has 1 aliphatic heterocycles. The van der Waals surface area contributed by atoms with Crippen molar-refractivity contribution >= 4 is 17.5 Å². The molecule has 1 aromatic rings. The summed E-state index contributed by atoms with van der Waals surface area (Å²) in [5.41, 5.74) is 6.05. The van der Waals surface area contributed by atoms with Crippen LogP contribution in [0.1, 0.15) is 25.3 Å². The molecule has 0 unspecified atom stereocenters. The summed E-state index contributed by atoms with van der Waals surface area (Å²) in [6, 6.07) is 4.31. The molecule has 1 fully saturated rings. The maximum Gasteiger partial charge on any atom is 0.234 e. The predicted octanol–water partition coefficient (Wildman–Crippen LogP) is 1.57. The van der Waals surface area contributed by atoms with E-state index < -0.39 is 5.82 Å². The molecular weight excluding hydrogens is 235 g/mol. The summed E-state index contributed by atoms with van der Waals surface area (Å²) in [5, 5.41) is 0. The molecule has 4 nitrogen and oxygen atoms in total. The molecule has 0 spiro atoms. The zero-order valence-electron chi connectivity index (χ0n) is 10.1. The summed E-state index contributed by atoms with van der Waals surface area (Å²) in [5.74, 6) is -1.27. The lowest BCUT2D eigenvalue weighted by Gasteiger charge is -2.28. The summed E-state index contributed by atoms with van der Waals surface area (Å²) in [6.07, 6.45) is 0.535. The number of nitrogens with two attached hydrogens (primary N) is 1. The predicted molar refractivity (Wildman–Crippen MR) is 65.2 cm³/mol. The molecule has 0 aromatic heterocycles. The second-order valence-corrected chi connectivity index (χ2v) is 4.63. The second kappa shape index (κ2) is 4.86. The molecule has 2 amide bonds. The summed E-state index contributed by atoms with van der Waals surface area (Å²) in [4.78, 5) is 24.6. The number of nitrogens with zero attached hydrogens (tertiary/aromatic N) is 1. The Morgan fingerprint density at radius 1 is 1.33 bits per heavy atom. The Kier molecular flexibility index (Phi) is 3.43. The van der Waals surface area contributed by atoms with E-state index in [1.54, 1.807) is 6.07 Å². The molecule has 2 N–H and O–H groups in total. The van der Waals surface area contributed by atoms with E-state index in [2.05, 4.69) is 0 Å². The minimum absolute atomic E-state index is 0.0210. The molecule has 0 bridgehead atoms. The molecule has 0 saturated carbocycles. The third-order valence-corrected chi connectivity index (χ3v) is 3.03. The van der Waals surface area contributed by atoms with Crippen LogP contribution in [0.5, 0.6) is 0 Å². The summed E-state index contributed by atoms with van der Waals surface area (Å²) < 4.78 is 13.9. The van der Waals surface area contributed by atoms with Crippen molar-refractivity contribution in [1.82, 2.24) is 0 Å². The van der Waals surface area contributed by atoms with E-state index in [0.29, 0.717) is 5.56 Å². The Balaban J connectivity index is 2.36. The Morgan fingerprint density at radius 2 is 1.94 bits per heavy atom. The Morgan fingerprint density at radius 3 is 2.44 bits per heavy atom. The average Bonchev–Trinajstić information content (AvgIpc) is 2.29. The highest BCUT2D eigenvalue weighted by atomic mass is 19.1. The highest BCUT2D eigenvalue weighted by Crippen LogP contribution is 2.27. The van der Waals surface area contributed by atoms with Crippen molar-refractivity contribution in [3.63, 3.8) is 0 Å². The minimum atomic E-state index is -0.589. The van der Waals surface area contributed by atoms with Crippen LogP contribution < -0.4 is 10.6 Å². The van der Waals surface area contributed by atoms with E-state index in [-0.39, 0.29) is 42.8 Å². The zero-order chi connectivity index (χ0) is 13.3. The van der Waals surface area contributed by atoms with Gasteiger partial charge in [0, 0.05) is 19.4 Å². The van der Waals surface area contributed by atoms with Gasteiger partial charge in [-0.3, -0.25) is 9.59 Å². The molecule has 2 rings (SSSR count). The minimum Gasteiger partial charge on any atom is -0.326 e. The number of benzene rings is 1. The van der Waals surface area contributed by atoms with E-state index in [0.717, 1.165) is 4.90 Å². The standard InChI is InChI=1S/C13H15FN2O2/c1-8-4-12(17)16(13(18)5-8)11-3-2-9(7-15)6-10(11)14/h2-3,6,8H,4-5,7,15H2,1H3. The number of carbonyl (C=O) groups excluding carboxylic acids is 2. The third-order valence-electron chi connectivity index (χ3n) is 3.03. The number of amides is 2. The van der Waals surface area contributed by atoms with Crippen molar-refractivity contribution in [1.29, 1.82) is 0 Å². The van der Waals surface area contributed by atoms with Gasteiger partial charge in [0.25, 0.3) is 0 Å². The number of hydrogen-bond acceptors (Lipinski definition) is 3. The van der Waals surface area contributed by atoms with Crippen LogP contribution in [0.25, 0.3) is 0 Å². The number of piperidine rings is 1. The smallest absolute Gasteiger partial charge is 0.234 e. The van der Waals surface area contributed by atoms with Crippen molar-refractivity contribution in [2.24, 2.45) is 11.7 Å². The van der Waals surface area contributed by atoms with E-state index in [1.165, 1.54) is 12.1 Å². The van der Waals surface area contributed by atoms with E-state index in [9.17, 15) is 14.0 Å². The van der Waals surface area contributed by atoms with Gasteiger partial charge in [-0.2, -0.15) is 0 Å². The zero-order valence-corrected chi connectivity index (χ0v) is 10.1. The normalized spacial score (nSPS) is 17.4. The Bertz CT molecular complexity index is 484. The highest BCUT2D eigenvalue weighted by molar-refractivity contribution is 6.16. The highest BCUT2D eigenvalue weighted by Gasteiger charge is 2.32. The molecule has 1 saturated heterocycles. The first-order valence-electron chi connectivity index (χ1n) is 5.87. The van der Waals surface area contributed by atoms with Gasteiger partial charge in [-0.25, -0.2) is 9.29 Å². The van der Waals surface area contributed by atoms with Gasteiger partial charge in [-0.1, -0.05) is 13.0 Å². The van der Waals surface area contributed by atoms with Crippen LogP contribution in [0, 0.1) is 11.7 Å². The molecule has 18 heavy (non-hydrogen) atoms. The van der Waals surface area contributed by atoms with Gasteiger partial charge >= 0.3 is 0 Å². The number of halogens is 1. The summed E-state index contributed by atoms with van der Waals surface area (Å²) in [6.45, 7) is 2.05. The van der Waals surface area contributed by atoms with Crippen LogP contribution in [-0.4, -0.2) is 11.8 Å². The van der Waals surface area contributed by atoms with Crippen LogP contribution >= 0.6 is 0 Å². The molecule has 0 atom stereocenters. The van der Waals surface area contributed by atoms with E-state index >= 15 is 0 Å². The number of anilines is 1. The van der Waals surface area contributed by atoms with Crippen LogP contribution in [0.3, 0.4) is 0 Å². The maximum absolute atomic E-state index is 13.9. The third kappa shape index (κ3) is 2.26. The number of carbonyl (C=O) groups is 2. The van der Waals surface area contributed by atoms with Crippen LogP contribution in [-0.2, 0) is 16.1 Å². The molecular formula is C13H15FN2O2. The van der Waals surface area contributed by atoms with Gasteiger partial charge in [0.05, 0.1) is 5.69 Å². The average molecular weight is 250 g/mol. The Labute approximate surface area is 105 Å². The molecule has 1 heterocycles. The van der Waals surface area contributed by atoms with Crippen LogP contribution in [0.2, 0.25) is 0 Å². The fourth-order valence-corrected chi connectivity index (χ4v) is 2.12. The van der Waals surface area contributed by atoms with Crippen molar-refractivity contribution in [3.05, 3.63) is 29.6 Å². The van der Waals surface area contributed by atoms with Crippen molar-refractivity contribution in [3.8, 4) is 0 Å². The van der Waals surface area contributed by atoms with Gasteiger partial charge in [0.2, 0.25) is 11.8 Å². The molecule has 1 aromatic carbocycles. The summed E-state index contributed by atoms with van der Waals surface area (Å²) in [7, 11) is 0. The van der Waals surface area contributed by atoms with Gasteiger partial charge in [0.15, 0.2) is 0 Å². The fourth-order valence-electron chi connectivity index (χ4n) is 2.12. The molecule has 5 heteroatoms. The fraction of sp³-hybridized carbons (Fsp3) is 0.385. The SMILES string of the molecule is CC1CC(=O)N(c2ccc(CN)cc2F)C(=O)C1. The van der Waals surface area contributed by atoms with Gasteiger partial charge in [-0.05, 0) is 23.6 Å². The lowest BCUT2D eigenvalue weighted by molar-refractivity contribution is -0.130. The lowest BCUT2D eigenvalue weighted by Crippen LogP contribution is -2.43. The van der Waals surface area contributed by atoms with E-state index in [1.807, 2.05) is 6.92 Å². The molecule has 0 aliphatic carbocycles. The first kappa shape index (κ1) is 12.7. The van der Waals surface area contributed by atoms with E-state index in [4.69, 9.17) is 5.73 Å². The monoisotopic (exact) mass is 250 g/mol. The van der Waals surface area contributed by atoms with Crippen LogP contribution in [0.15, 0.2) is 18.2 Å². The molecule has 0 radical (unpaired) electrons. The first-order valence-corrected chi connectivity index (χ1v) is 5.87.